The normalized spacial score (nSPS) is 11.6. The highest BCUT2D eigenvalue weighted by Crippen LogP contribution is 2.30. The van der Waals surface area contributed by atoms with Crippen LogP contribution in [0.5, 0.6) is 0 Å². The van der Waals surface area contributed by atoms with Gasteiger partial charge in [0, 0.05) is 28.4 Å². The van der Waals surface area contributed by atoms with Crippen LogP contribution in [-0.2, 0) is 20.9 Å². The molecule has 0 fully saturated rings. The molecule has 4 rings (SSSR count). The Morgan fingerprint density at radius 1 is 0.787 bits per heavy atom. The molecule has 0 unspecified atom stereocenters. The number of nitrogens with two attached hydrogens (primary N) is 1. The van der Waals surface area contributed by atoms with Crippen molar-refractivity contribution in [3.63, 3.8) is 0 Å². The second kappa shape index (κ2) is 15.0. The molecule has 0 heterocycles. The van der Waals surface area contributed by atoms with E-state index in [2.05, 4.69) is 10.6 Å². The van der Waals surface area contributed by atoms with Crippen LogP contribution in [0, 0.1) is 10.8 Å². The molecule has 4 aromatic rings. The number of hydrogen-bond acceptors (Lipinski definition) is 7. The molecule has 0 aliphatic carbocycles. The van der Waals surface area contributed by atoms with Crippen molar-refractivity contribution < 1.29 is 28.7 Å². The summed E-state index contributed by atoms with van der Waals surface area (Å²) in [5.74, 6) is -2.16. The minimum absolute atomic E-state index is 0.000837. The molecule has 0 saturated heterocycles. The number of nitrogen functional groups attached to an aromatic ring is 1. The van der Waals surface area contributed by atoms with E-state index in [4.69, 9.17) is 20.6 Å². The molecule has 0 aliphatic rings. The number of anilines is 1. The molecule has 1 atom stereocenters. The molecular weight excluding hydrogens is 596 g/mol. The highest BCUT2D eigenvalue weighted by molar-refractivity contribution is 6.11. The molecule has 0 radical (unpaired) electrons. The lowest BCUT2D eigenvalue weighted by molar-refractivity contribution is -0.141. The van der Waals surface area contributed by atoms with Gasteiger partial charge in [0.15, 0.2) is 0 Å². The van der Waals surface area contributed by atoms with E-state index >= 15 is 0 Å². The number of carbonyl (C=O) groups excluding carboxylic acids is 4. The molecule has 0 spiro atoms. The van der Waals surface area contributed by atoms with Gasteiger partial charge in [-0.05, 0) is 64.6 Å². The summed E-state index contributed by atoms with van der Waals surface area (Å²) in [6.07, 6.45) is -0.0320. The van der Waals surface area contributed by atoms with Crippen LogP contribution in [0.25, 0.3) is 11.1 Å². The lowest BCUT2D eigenvalue weighted by Gasteiger charge is -2.30. The van der Waals surface area contributed by atoms with Gasteiger partial charge in [-0.1, -0.05) is 75.4 Å². The van der Waals surface area contributed by atoms with E-state index in [1.807, 2.05) is 51.1 Å². The summed E-state index contributed by atoms with van der Waals surface area (Å²) >= 11 is 0. The first-order valence-electron chi connectivity index (χ1n) is 15.0. The molecule has 242 valence electrons. The summed E-state index contributed by atoms with van der Waals surface area (Å²) in [6, 6.07) is 26.6. The maximum Gasteiger partial charge on any atom is 0.339 e. The van der Waals surface area contributed by atoms with Crippen molar-refractivity contribution in [1.29, 1.82) is 5.41 Å². The maximum absolute atomic E-state index is 13.7. The second-order valence-electron chi connectivity index (χ2n) is 12.0. The Balaban J connectivity index is 1.71. The third kappa shape index (κ3) is 8.91. The lowest BCUT2D eigenvalue weighted by Crippen LogP contribution is -2.45. The predicted octanol–water partition coefficient (Wildman–Crippen LogP) is 5.95. The maximum atomic E-state index is 13.7. The SMILES string of the molecule is COC(=O)C[C@H](NC(=O)c1ccc(-c2ccccc2C(=O)Nc2ccc(C(=N)N)cc2)c(C(=O)OCc2ccccc2)c1)C(C)(C)C. The summed E-state index contributed by atoms with van der Waals surface area (Å²) in [6.45, 7) is 5.70. The van der Waals surface area contributed by atoms with E-state index in [0.29, 0.717) is 22.4 Å². The predicted molar refractivity (Wildman–Crippen MR) is 180 cm³/mol. The zero-order chi connectivity index (χ0) is 34.1. The smallest absolute Gasteiger partial charge is 0.339 e. The molecule has 4 aromatic carbocycles. The zero-order valence-electron chi connectivity index (χ0n) is 26.8. The van der Waals surface area contributed by atoms with Crippen molar-refractivity contribution in [3.8, 4) is 11.1 Å². The molecule has 10 nitrogen and oxygen atoms in total. The second-order valence-corrected chi connectivity index (χ2v) is 12.0. The van der Waals surface area contributed by atoms with Crippen molar-refractivity contribution in [1.82, 2.24) is 5.32 Å². The summed E-state index contributed by atoms with van der Waals surface area (Å²) in [5, 5.41) is 13.3. The molecule has 47 heavy (non-hydrogen) atoms. The minimum atomic E-state index is -0.685. The Bertz CT molecular complexity index is 1780. The Labute approximate surface area is 273 Å². The van der Waals surface area contributed by atoms with Crippen LogP contribution < -0.4 is 16.4 Å². The monoisotopic (exact) mass is 634 g/mol. The first kappa shape index (κ1) is 34.1. The molecule has 0 aliphatic heterocycles. The largest absolute Gasteiger partial charge is 0.469 e. The van der Waals surface area contributed by atoms with Gasteiger partial charge in [0.2, 0.25) is 0 Å². The van der Waals surface area contributed by atoms with Gasteiger partial charge in [-0.25, -0.2) is 4.79 Å². The number of benzene rings is 4. The summed E-state index contributed by atoms with van der Waals surface area (Å²) in [4.78, 5) is 52.8. The van der Waals surface area contributed by atoms with Crippen molar-refractivity contribution in [3.05, 3.63) is 125 Å². The average Bonchev–Trinajstić information content (AvgIpc) is 3.06. The highest BCUT2D eigenvalue weighted by Gasteiger charge is 2.30. The molecule has 10 heteroatoms. The fourth-order valence-electron chi connectivity index (χ4n) is 4.80. The first-order chi connectivity index (χ1) is 22.4. The number of amides is 2. The number of ether oxygens (including phenoxy) is 2. The van der Waals surface area contributed by atoms with Crippen LogP contribution >= 0.6 is 0 Å². The summed E-state index contributed by atoms with van der Waals surface area (Å²) < 4.78 is 10.5. The van der Waals surface area contributed by atoms with E-state index in [1.165, 1.54) is 13.2 Å². The third-order valence-electron chi connectivity index (χ3n) is 7.58. The number of methoxy groups -OCH3 is 1. The molecule has 5 N–H and O–H groups in total. The average molecular weight is 635 g/mol. The third-order valence-corrected chi connectivity index (χ3v) is 7.58. The fraction of sp³-hybridized carbons (Fsp3) is 0.216. The molecule has 0 bridgehead atoms. The van der Waals surface area contributed by atoms with Crippen LogP contribution in [0.15, 0.2) is 97.1 Å². The van der Waals surface area contributed by atoms with Gasteiger partial charge < -0.3 is 25.8 Å². The Kier molecular flexibility index (Phi) is 10.9. The van der Waals surface area contributed by atoms with Crippen LogP contribution in [0.2, 0.25) is 0 Å². The van der Waals surface area contributed by atoms with Gasteiger partial charge in [-0.15, -0.1) is 0 Å². The van der Waals surface area contributed by atoms with Crippen molar-refractivity contribution in [2.24, 2.45) is 11.1 Å². The Hall–Kier alpha value is -5.77. The van der Waals surface area contributed by atoms with Crippen molar-refractivity contribution in [2.45, 2.75) is 39.8 Å². The van der Waals surface area contributed by atoms with Crippen LogP contribution in [0.1, 0.15) is 69.4 Å². The van der Waals surface area contributed by atoms with Gasteiger partial charge in [0.1, 0.15) is 12.4 Å². The minimum Gasteiger partial charge on any atom is -0.469 e. The molecule has 0 aromatic heterocycles. The summed E-state index contributed by atoms with van der Waals surface area (Å²) in [7, 11) is 1.29. The fourth-order valence-corrected chi connectivity index (χ4v) is 4.80. The number of esters is 2. The number of amidine groups is 1. The van der Waals surface area contributed by atoms with Crippen LogP contribution in [0.3, 0.4) is 0 Å². The van der Waals surface area contributed by atoms with E-state index < -0.39 is 35.2 Å². The Morgan fingerprint density at radius 2 is 1.40 bits per heavy atom. The van der Waals surface area contributed by atoms with Crippen LogP contribution in [0.4, 0.5) is 5.69 Å². The number of hydrogen-bond donors (Lipinski definition) is 4. The van der Waals surface area contributed by atoms with Crippen LogP contribution in [-0.4, -0.2) is 42.7 Å². The molecular formula is C37H38N4O6. The highest BCUT2D eigenvalue weighted by atomic mass is 16.5. The van der Waals surface area contributed by atoms with Gasteiger partial charge in [0.05, 0.1) is 19.1 Å². The quantitative estimate of drug-likeness (QED) is 0.0900. The summed E-state index contributed by atoms with van der Waals surface area (Å²) in [5.41, 5.74) is 8.23. The van der Waals surface area contributed by atoms with E-state index in [9.17, 15) is 19.2 Å². The van der Waals surface area contributed by atoms with Gasteiger partial charge in [-0.3, -0.25) is 19.8 Å². The Morgan fingerprint density at radius 3 is 2.04 bits per heavy atom. The number of rotatable bonds is 11. The molecule has 0 saturated carbocycles. The zero-order valence-corrected chi connectivity index (χ0v) is 26.8. The first-order valence-corrected chi connectivity index (χ1v) is 15.0. The lowest BCUT2D eigenvalue weighted by atomic mass is 9.84. The number of carbonyl (C=O) groups is 4. The van der Waals surface area contributed by atoms with Gasteiger partial charge in [0.25, 0.3) is 11.8 Å². The van der Waals surface area contributed by atoms with Gasteiger partial charge in [-0.2, -0.15) is 0 Å². The molecule has 2 amide bonds. The van der Waals surface area contributed by atoms with E-state index in [1.54, 1.807) is 60.7 Å². The van der Waals surface area contributed by atoms with Crippen molar-refractivity contribution in [2.75, 3.05) is 12.4 Å². The number of nitrogens with one attached hydrogen (secondary N) is 3. The van der Waals surface area contributed by atoms with E-state index in [-0.39, 0.29) is 35.6 Å². The van der Waals surface area contributed by atoms with Gasteiger partial charge >= 0.3 is 11.9 Å². The topological polar surface area (TPSA) is 161 Å². The van der Waals surface area contributed by atoms with Crippen molar-refractivity contribution >= 4 is 35.3 Å². The van der Waals surface area contributed by atoms with E-state index in [0.717, 1.165) is 5.56 Å². The standard InChI is InChI=1S/C37H38N4O6/c1-37(2,3)31(21-32(42)46-4)41-34(43)25-16-19-28(30(20-25)36(45)47-22-23-10-6-5-7-11-23)27-12-8-9-13-29(27)35(44)40-26-17-14-24(15-18-26)33(38)39/h5-20,31H,21-22H2,1-4H3,(H3,38,39)(H,40,44)(H,41,43)/t31-/m0/s1.